The third kappa shape index (κ3) is 3.40. The lowest BCUT2D eigenvalue weighted by molar-refractivity contribution is 0.177. The van der Waals surface area contributed by atoms with Gasteiger partial charge >= 0.3 is 0 Å². The van der Waals surface area contributed by atoms with Gasteiger partial charge in [-0.05, 0) is 12.1 Å². The molecule has 0 bridgehead atoms. The fraction of sp³-hybridized carbons (Fsp3) is 0.182. The molecule has 0 spiro atoms. The Labute approximate surface area is 103 Å². The third-order valence-corrected chi connectivity index (χ3v) is 2.84. The first-order chi connectivity index (χ1) is 8.28. The fourth-order valence-corrected chi connectivity index (χ4v) is 2.10. The van der Waals surface area contributed by atoms with E-state index in [4.69, 9.17) is 10.5 Å². The summed E-state index contributed by atoms with van der Waals surface area (Å²) in [5.74, 6) is 1.03. The van der Waals surface area contributed by atoms with Crippen LogP contribution in [0, 0.1) is 0 Å². The van der Waals surface area contributed by atoms with Crippen LogP contribution in [0.2, 0.25) is 0 Å². The molecule has 0 saturated carbocycles. The summed E-state index contributed by atoms with van der Waals surface area (Å²) in [6, 6.07) is 5.57. The Kier molecular flexibility index (Phi) is 3.89. The van der Waals surface area contributed by atoms with Crippen LogP contribution < -0.4 is 5.73 Å². The quantitative estimate of drug-likeness (QED) is 0.831. The highest BCUT2D eigenvalue weighted by atomic mass is 32.2. The molecule has 88 valence electrons. The summed E-state index contributed by atoms with van der Waals surface area (Å²) in [6.07, 6.45) is 3.48. The number of hydrogen-bond acceptors (Lipinski definition) is 6. The average Bonchev–Trinajstić information content (AvgIpc) is 2.30. The van der Waals surface area contributed by atoms with Crippen LogP contribution >= 0.6 is 11.8 Å². The number of methoxy groups -OCH3 is 1. The van der Waals surface area contributed by atoms with Gasteiger partial charge in [0.2, 0.25) is 0 Å². The van der Waals surface area contributed by atoms with Gasteiger partial charge in [0.25, 0.3) is 0 Å². The number of nitrogen functional groups attached to an aromatic ring is 1. The Morgan fingerprint density at radius 1 is 1.29 bits per heavy atom. The summed E-state index contributed by atoms with van der Waals surface area (Å²) < 4.78 is 4.99. The molecule has 0 unspecified atom stereocenters. The van der Waals surface area contributed by atoms with Crippen LogP contribution in [0.25, 0.3) is 0 Å². The molecule has 0 fully saturated rings. The molecule has 5 nitrogen and oxygen atoms in total. The van der Waals surface area contributed by atoms with Crippen molar-refractivity contribution in [3.05, 3.63) is 36.4 Å². The lowest BCUT2D eigenvalue weighted by atomic mass is 10.5. The number of ether oxygens (including phenoxy) is 1. The number of pyridine rings is 1. The highest BCUT2D eigenvalue weighted by molar-refractivity contribution is 7.99. The van der Waals surface area contributed by atoms with E-state index in [0.717, 1.165) is 9.92 Å². The SMILES string of the molecule is COCc1nc(N)cc(Sc2ccncc2)n1. The summed E-state index contributed by atoms with van der Waals surface area (Å²) in [6.45, 7) is 0.356. The van der Waals surface area contributed by atoms with Gasteiger partial charge in [0.15, 0.2) is 5.82 Å². The Morgan fingerprint density at radius 3 is 2.76 bits per heavy atom. The van der Waals surface area contributed by atoms with Crippen molar-refractivity contribution in [2.75, 3.05) is 12.8 Å². The zero-order chi connectivity index (χ0) is 12.1. The lowest BCUT2D eigenvalue weighted by Gasteiger charge is -2.04. The molecule has 0 saturated heterocycles. The van der Waals surface area contributed by atoms with Crippen molar-refractivity contribution in [2.24, 2.45) is 0 Å². The van der Waals surface area contributed by atoms with Gasteiger partial charge in [-0.3, -0.25) is 4.98 Å². The molecule has 0 aromatic carbocycles. The fourth-order valence-electron chi connectivity index (χ4n) is 1.27. The van der Waals surface area contributed by atoms with Crippen molar-refractivity contribution >= 4 is 17.6 Å². The molecule has 0 aliphatic rings. The zero-order valence-electron chi connectivity index (χ0n) is 9.33. The van der Waals surface area contributed by atoms with Crippen LogP contribution in [0.5, 0.6) is 0 Å². The maximum absolute atomic E-state index is 5.71. The summed E-state index contributed by atoms with van der Waals surface area (Å²) in [5, 5.41) is 0.802. The third-order valence-electron chi connectivity index (χ3n) is 1.91. The van der Waals surface area contributed by atoms with E-state index in [1.807, 2.05) is 12.1 Å². The molecule has 0 atom stereocenters. The van der Waals surface area contributed by atoms with Crippen LogP contribution in [0.4, 0.5) is 5.82 Å². The van der Waals surface area contributed by atoms with Crippen LogP contribution in [0.15, 0.2) is 40.5 Å². The number of anilines is 1. The Balaban J connectivity index is 2.21. The van der Waals surface area contributed by atoms with Crippen molar-refractivity contribution in [1.82, 2.24) is 15.0 Å². The average molecular weight is 248 g/mol. The standard InChI is InChI=1S/C11H12N4OS/c1-16-7-10-14-9(12)6-11(15-10)17-8-2-4-13-5-3-8/h2-6H,7H2,1H3,(H2,12,14,15). The molecule has 0 amide bonds. The van der Waals surface area contributed by atoms with E-state index in [-0.39, 0.29) is 0 Å². The van der Waals surface area contributed by atoms with Crippen LogP contribution in [-0.4, -0.2) is 22.1 Å². The Morgan fingerprint density at radius 2 is 2.06 bits per heavy atom. The van der Waals surface area contributed by atoms with Crippen molar-refractivity contribution in [3.63, 3.8) is 0 Å². The largest absolute Gasteiger partial charge is 0.384 e. The minimum atomic E-state index is 0.356. The predicted molar refractivity (Wildman–Crippen MR) is 65.5 cm³/mol. The van der Waals surface area contributed by atoms with E-state index >= 15 is 0 Å². The first-order valence-corrected chi connectivity index (χ1v) is 5.80. The second-order valence-corrected chi connectivity index (χ2v) is 4.36. The molecule has 0 aliphatic heterocycles. The van der Waals surface area contributed by atoms with E-state index < -0.39 is 0 Å². The second kappa shape index (κ2) is 5.60. The molecule has 6 heteroatoms. The molecule has 17 heavy (non-hydrogen) atoms. The topological polar surface area (TPSA) is 73.9 Å². The van der Waals surface area contributed by atoms with E-state index in [0.29, 0.717) is 18.2 Å². The van der Waals surface area contributed by atoms with Crippen LogP contribution in [-0.2, 0) is 11.3 Å². The summed E-state index contributed by atoms with van der Waals surface area (Å²) in [7, 11) is 1.60. The van der Waals surface area contributed by atoms with Gasteiger partial charge in [-0.1, -0.05) is 11.8 Å². The molecular formula is C11H12N4OS. The number of nitrogens with two attached hydrogens (primary N) is 1. The molecule has 2 rings (SSSR count). The van der Waals surface area contributed by atoms with Gasteiger partial charge in [0.1, 0.15) is 17.5 Å². The molecule has 2 heterocycles. The van der Waals surface area contributed by atoms with E-state index in [2.05, 4.69) is 15.0 Å². The molecular weight excluding hydrogens is 236 g/mol. The first kappa shape index (κ1) is 11.8. The molecule has 2 aromatic heterocycles. The van der Waals surface area contributed by atoms with Gasteiger partial charge in [0.05, 0.1) is 0 Å². The van der Waals surface area contributed by atoms with Crippen molar-refractivity contribution < 1.29 is 4.74 Å². The molecule has 2 N–H and O–H groups in total. The second-order valence-electron chi connectivity index (χ2n) is 3.27. The molecule has 2 aromatic rings. The van der Waals surface area contributed by atoms with Gasteiger partial charge in [-0.15, -0.1) is 0 Å². The predicted octanol–water partition coefficient (Wildman–Crippen LogP) is 1.75. The van der Waals surface area contributed by atoms with Gasteiger partial charge in [-0.25, -0.2) is 9.97 Å². The normalized spacial score (nSPS) is 10.4. The summed E-state index contributed by atoms with van der Waals surface area (Å²) >= 11 is 1.52. The van der Waals surface area contributed by atoms with Crippen molar-refractivity contribution in [1.29, 1.82) is 0 Å². The summed E-state index contributed by atoms with van der Waals surface area (Å²) in [4.78, 5) is 13.4. The van der Waals surface area contributed by atoms with Crippen LogP contribution in [0.1, 0.15) is 5.82 Å². The van der Waals surface area contributed by atoms with Crippen LogP contribution in [0.3, 0.4) is 0 Å². The first-order valence-electron chi connectivity index (χ1n) is 4.98. The lowest BCUT2D eigenvalue weighted by Crippen LogP contribution is -2.01. The zero-order valence-corrected chi connectivity index (χ0v) is 10.1. The van der Waals surface area contributed by atoms with Gasteiger partial charge < -0.3 is 10.5 Å². The van der Waals surface area contributed by atoms with Crippen molar-refractivity contribution in [3.8, 4) is 0 Å². The maximum Gasteiger partial charge on any atom is 0.157 e. The number of hydrogen-bond donors (Lipinski definition) is 1. The highest BCUT2D eigenvalue weighted by Gasteiger charge is 2.04. The Hall–Kier alpha value is -1.66. The number of nitrogens with zero attached hydrogens (tertiary/aromatic N) is 3. The number of aromatic nitrogens is 3. The Bertz CT molecular complexity index is 492. The van der Waals surface area contributed by atoms with Gasteiger partial charge in [0, 0.05) is 30.5 Å². The minimum Gasteiger partial charge on any atom is -0.384 e. The maximum atomic E-state index is 5.71. The molecule has 0 aliphatic carbocycles. The van der Waals surface area contributed by atoms with E-state index in [1.165, 1.54) is 11.8 Å². The van der Waals surface area contributed by atoms with Gasteiger partial charge in [-0.2, -0.15) is 0 Å². The van der Waals surface area contributed by atoms with Crippen molar-refractivity contribution in [2.45, 2.75) is 16.5 Å². The highest BCUT2D eigenvalue weighted by Crippen LogP contribution is 2.26. The summed E-state index contributed by atoms with van der Waals surface area (Å²) in [5.41, 5.74) is 5.71. The monoisotopic (exact) mass is 248 g/mol. The van der Waals surface area contributed by atoms with E-state index in [9.17, 15) is 0 Å². The number of rotatable bonds is 4. The molecule has 0 radical (unpaired) electrons. The minimum absolute atomic E-state index is 0.356. The van der Waals surface area contributed by atoms with E-state index in [1.54, 1.807) is 25.6 Å². The smallest absolute Gasteiger partial charge is 0.157 e.